The van der Waals surface area contributed by atoms with Crippen molar-refractivity contribution in [1.29, 1.82) is 0 Å². The minimum absolute atomic E-state index is 0.153. The van der Waals surface area contributed by atoms with Crippen LogP contribution in [0.1, 0.15) is 34.6 Å². The first-order valence-electron chi connectivity index (χ1n) is 5.11. The molecule has 0 aliphatic carbocycles. The fourth-order valence-corrected chi connectivity index (χ4v) is 1.04. The average molecular weight is 232 g/mol. The number of amides is 2. The minimum Gasteiger partial charge on any atom is -0.444 e. The Morgan fingerprint density at radius 3 is 2.06 bits per heavy atom. The van der Waals surface area contributed by atoms with Crippen LogP contribution in [0.15, 0.2) is 0 Å². The van der Waals surface area contributed by atoms with Gasteiger partial charge in [-0.3, -0.25) is 10.0 Å². The van der Waals surface area contributed by atoms with Crippen LogP contribution in [-0.4, -0.2) is 28.9 Å². The molecule has 0 heterocycles. The van der Waals surface area contributed by atoms with E-state index in [9.17, 15) is 9.59 Å². The van der Waals surface area contributed by atoms with Crippen molar-refractivity contribution in [3.8, 4) is 0 Å². The predicted molar refractivity (Wildman–Crippen MR) is 57.9 cm³/mol. The molecule has 0 fully saturated rings. The van der Waals surface area contributed by atoms with Crippen molar-refractivity contribution in [2.45, 2.75) is 46.3 Å². The molecule has 0 saturated heterocycles. The molecule has 0 aliphatic heterocycles. The highest BCUT2D eigenvalue weighted by molar-refractivity contribution is 5.85. The first-order chi connectivity index (χ1) is 7.17. The predicted octanol–water partition coefficient (Wildman–Crippen LogP) is 1.04. The second kappa shape index (κ2) is 5.69. The van der Waals surface area contributed by atoms with E-state index in [4.69, 9.17) is 9.94 Å². The number of carbonyl (C=O) groups excluding carboxylic acids is 2. The van der Waals surface area contributed by atoms with Crippen LogP contribution in [0.4, 0.5) is 4.79 Å². The molecular weight excluding hydrogens is 212 g/mol. The van der Waals surface area contributed by atoms with Gasteiger partial charge in [0.1, 0.15) is 11.6 Å². The van der Waals surface area contributed by atoms with Gasteiger partial charge in [0.05, 0.1) is 0 Å². The molecule has 0 bridgehead atoms. The van der Waals surface area contributed by atoms with Gasteiger partial charge in [-0.25, -0.2) is 10.3 Å². The third kappa shape index (κ3) is 5.55. The lowest BCUT2D eigenvalue weighted by Gasteiger charge is -2.24. The summed E-state index contributed by atoms with van der Waals surface area (Å²) in [5.41, 5.74) is 0.882. The van der Waals surface area contributed by atoms with Crippen LogP contribution >= 0.6 is 0 Å². The zero-order chi connectivity index (χ0) is 12.9. The van der Waals surface area contributed by atoms with Gasteiger partial charge in [-0.2, -0.15) is 0 Å². The van der Waals surface area contributed by atoms with E-state index >= 15 is 0 Å². The molecule has 0 aromatic carbocycles. The van der Waals surface area contributed by atoms with Crippen molar-refractivity contribution in [2.24, 2.45) is 5.92 Å². The van der Waals surface area contributed by atoms with Crippen molar-refractivity contribution >= 4 is 12.0 Å². The lowest BCUT2D eigenvalue weighted by Crippen LogP contribution is -2.50. The fourth-order valence-electron chi connectivity index (χ4n) is 1.04. The molecular formula is C10H20N2O4. The number of alkyl carbamates (subject to hydrolysis) is 1. The molecule has 0 aromatic rings. The molecule has 6 heteroatoms. The summed E-state index contributed by atoms with van der Waals surface area (Å²) in [5.74, 6) is -0.819. The molecule has 0 radical (unpaired) electrons. The number of hydrogen-bond donors (Lipinski definition) is 3. The lowest BCUT2D eigenvalue weighted by molar-refractivity contribution is -0.132. The smallest absolute Gasteiger partial charge is 0.408 e. The van der Waals surface area contributed by atoms with Crippen LogP contribution in [0, 0.1) is 5.92 Å². The third-order valence-corrected chi connectivity index (χ3v) is 1.73. The highest BCUT2D eigenvalue weighted by Gasteiger charge is 2.26. The maximum absolute atomic E-state index is 11.4. The van der Waals surface area contributed by atoms with Gasteiger partial charge in [0.15, 0.2) is 0 Å². The zero-order valence-electron chi connectivity index (χ0n) is 10.3. The molecule has 6 nitrogen and oxygen atoms in total. The molecule has 16 heavy (non-hydrogen) atoms. The summed E-state index contributed by atoms with van der Waals surface area (Å²) >= 11 is 0. The maximum atomic E-state index is 11.4. The van der Waals surface area contributed by atoms with E-state index in [1.54, 1.807) is 34.6 Å². The van der Waals surface area contributed by atoms with Gasteiger partial charge in [-0.1, -0.05) is 13.8 Å². The quantitative estimate of drug-likeness (QED) is 0.501. The Balaban J connectivity index is 4.42. The Morgan fingerprint density at radius 2 is 1.75 bits per heavy atom. The van der Waals surface area contributed by atoms with Gasteiger partial charge in [0.25, 0.3) is 5.91 Å². The Kier molecular flexibility index (Phi) is 5.23. The first-order valence-corrected chi connectivity index (χ1v) is 5.11. The van der Waals surface area contributed by atoms with Crippen molar-refractivity contribution in [2.75, 3.05) is 0 Å². The van der Waals surface area contributed by atoms with Gasteiger partial charge in [-0.05, 0) is 26.7 Å². The van der Waals surface area contributed by atoms with Crippen molar-refractivity contribution in [3.05, 3.63) is 0 Å². The zero-order valence-corrected chi connectivity index (χ0v) is 10.3. The van der Waals surface area contributed by atoms with Crippen LogP contribution in [0.5, 0.6) is 0 Å². The summed E-state index contributed by atoms with van der Waals surface area (Å²) in [6, 6.07) is -0.820. The summed E-state index contributed by atoms with van der Waals surface area (Å²) in [4.78, 5) is 22.6. The highest BCUT2D eigenvalue weighted by atomic mass is 16.6. The number of hydrogen-bond acceptors (Lipinski definition) is 4. The summed E-state index contributed by atoms with van der Waals surface area (Å²) in [6.07, 6.45) is -0.685. The van der Waals surface area contributed by atoms with E-state index in [2.05, 4.69) is 5.32 Å². The van der Waals surface area contributed by atoms with Crippen molar-refractivity contribution < 1.29 is 19.5 Å². The number of ether oxygens (including phenoxy) is 1. The second-order valence-corrected chi connectivity index (χ2v) is 4.84. The van der Waals surface area contributed by atoms with Crippen LogP contribution < -0.4 is 10.8 Å². The van der Waals surface area contributed by atoms with E-state index in [0.717, 1.165) is 0 Å². The molecule has 1 atom stereocenters. The normalized spacial score (nSPS) is 13.2. The number of carbonyl (C=O) groups is 2. The van der Waals surface area contributed by atoms with E-state index in [1.165, 1.54) is 5.48 Å². The average Bonchev–Trinajstić information content (AvgIpc) is 2.09. The van der Waals surface area contributed by atoms with Gasteiger partial charge in [0.2, 0.25) is 0 Å². The van der Waals surface area contributed by atoms with Crippen molar-refractivity contribution in [3.63, 3.8) is 0 Å². The fraction of sp³-hybridized carbons (Fsp3) is 0.800. The number of nitrogens with one attached hydrogen (secondary N) is 2. The largest absolute Gasteiger partial charge is 0.444 e. The van der Waals surface area contributed by atoms with Gasteiger partial charge in [-0.15, -0.1) is 0 Å². The van der Waals surface area contributed by atoms with E-state index in [1.807, 2.05) is 0 Å². The van der Waals surface area contributed by atoms with Crippen LogP contribution in [0.3, 0.4) is 0 Å². The van der Waals surface area contributed by atoms with E-state index in [0.29, 0.717) is 0 Å². The van der Waals surface area contributed by atoms with Gasteiger partial charge in [0, 0.05) is 0 Å². The van der Waals surface area contributed by atoms with Crippen LogP contribution in [0.2, 0.25) is 0 Å². The lowest BCUT2D eigenvalue weighted by atomic mass is 10.0. The maximum Gasteiger partial charge on any atom is 0.408 e. The number of hydroxylamine groups is 1. The molecule has 0 saturated carbocycles. The SMILES string of the molecule is CC(C)C(NC(=O)OC(C)(C)C)C(=O)NO. The minimum atomic E-state index is -0.820. The van der Waals surface area contributed by atoms with Crippen molar-refractivity contribution in [1.82, 2.24) is 10.8 Å². The summed E-state index contributed by atoms with van der Waals surface area (Å²) in [7, 11) is 0. The summed E-state index contributed by atoms with van der Waals surface area (Å²) in [6.45, 7) is 8.67. The molecule has 1 unspecified atom stereocenters. The molecule has 0 aliphatic rings. The standard InChI is InChI=1S/C10H20N2O4/c1-6(2)7(8(13)12-15)11-9(14)16-10(3,4)5/h6-7,15H,1-5H3,(H,11,14)(H,12,13). The highest BCUT2D eigenvalue weighted by Crippen LogP contribution is 2.08. The Bertz CT molecular complexity index is 258. The van der Waals surface area contributed by atoms with Gasteiger partial charge >= 0.3 is 6.09 Å². The van der Waals surface area contributed by atoms with Crippen LogP contribution in [0.25, 0.3) is 0 Å². The Hall–Kier alpha value is -1.30. The molecule has 0 rings (SSSR count). The number of rotatable bonds is 3. The molecule has 3 N–H and O–H groups in total. The topological polar surface area (TPSA) is 87.7 Å². The summed E-state index contributed by atoms with van der Waals surface area (Å²) < 4.78 is 5.00. The molecule has 0 aromatic heterocycles. The Labute approximate surface area is 95.3 Å². The van der Waals surface area contributed by atoms with Crippen LogP contribution in [-0.2, 0) is 9.53 Å². The van der Waals surface area contributed by atoms with E-state index < -0.39 is 23.6 Å². The summed E-state index contributed by atoms with van der Waals surface area (Å²) in [5, 5.41) is 10.9. The van der Waals surface area contributed by atoms with Gasteiger partial charge < -0.3 is 10.1 Å². The molecule has 2 amide bonds. The first kappa shape index (κ1) is 14.7. The van der Waals surface area contributed by atoms with E-state index in [-0.39, 0.29) is 5.92 Å². The second-order valence-electron chi connectivity index (χ2n) is 4.84. The monoisotopic (exact) mass is 232 g/mol. The molecule has 0 spiro atoms. The third-order valence-electron chi connectivity index (χ3n) is 1.73. The molecule has 94 valence electrons. The Morgan fingerprint density at radius 1 is 1.25 bits per heavy atom.